The molecule has 7 heteroatoms. The molecule has 1 amide bonds. The number of amides is 1. The van der Waals surface area contributed by atoms with Gasteiger partial charge in [-0.15, -0.1) is 0 Å². The first-order valence-electron chi connectivity index (χ1n) is 6.61. The summed E-state index contributed by atoms with van der Waals surface area (Å²) in [5.74, 6) is -0.268. The number of carbonyl (C=O) groups excluding carboxylic acids is 1. The summed E-state index contributed by atoms with van der Waals surface area (Å²) in [6.45, 7) is 4.06. The van der Waals surface area contributed by atoms with Crippen LogP contribution in [0.15, 0.2) is 17.0 Å². The Balaban J connectivity index is 2.32. The largest absolute Gasteiger partial charge is 0.341 e. The molecule has 116 valence electrons. The molecule has 2 rings (SSSR count). The highest BCUT2D eigenvalue weighted by Crippen LogP contribution is 2.38. The number of carbonyl (C=O) groups is 1. The highest BCUT2D eigenvalue weighted by molar-refractivity contribution is 8.13. The zero-order valence-electron chi connectivity index (χ0n) is 12.1. The lowest BCUT2D eigenvalue weighted by Crippen LogP contribution is -2.30. The van der Waals surface area contributed by atoms with Crippen LogP contribution in [0.1, 0.15) is 29.3 Å². The fourth-order valence-corrected chi connectivity index (χ4v) is 3.57. The molecular formula is C14H17ClFNO3S. The van der Waals surface area contributed by atoms with E-state index < -0.39 is 20.8 Å². The molecule has 0 aromatic heterocycles. The van der Waals surface area contributed by atoms with Crippen LogP contribution in [0, 0.1) is 24.6 Å². The lowest BCUT2D eigenvalue weighted by Gasteiger charge is -2.18. The molecule has 2 unspecified atom stereocenters. The van der Waals surface area contributed by atoms with Crippen LogP contribution in [0.25, 0.3) is 0 Å². The van der Waals surface area contributed by atoms with Crippen LogP contribution in [-0.2, 0) is 9.05 Å². The summed E-state index contributed by atoms with van der Waals surface area (Å²) < 4.78 is 36.9. The Labute approximate surface area is 128 Å². The molecule has 0 N–H and O–H groups in total. The summed E-state index contributed by atoms with van der Waals surface area (Å²) >= 11 is 0. The maximum atomic E-state index is 14.0. The Kier molecular flexibility index (Phi) is 4.31. The van der Waals surface area contributed by atoms with Gasteiger partial charge in [-0.1, -0.05) is 6.92 Å². The lowest BCUT2D eigenvalue weighted by atomic mass is 10.1. The number of hydrogen-bond acceptors (Lipinski definition) is 3. The van der Waals surface area contributed by atoms with E-state index >= 15 is 0 Å². The Bertz CT molecular complexity index is 690. The molecule has 4 nitrogen and oxygen atoms in total. The quantitative estimate of drug-likeness (QED) is 0.796. The molecule has 0 aliphatic heterocycles. The molecule has 2 atom stereocenters. The van der Waals surface area contributed by atoms with Gasteiger partial charge in [0.15, 0.2) is 0 Å². The summed E-state index contributed by atoms with van der Waals surface area (Å²) in [5, 5.41) is 0. The van der Waals surface area contributed by atoms with E-state index in [0.717, 1.165) is 18.6 Å². The molecule has 0 saturated heterocycles. The van der Waals surface area contributed by atoms with Gasteiger partial charge in [0.05, 0.1) is 10.5 Å². The zero-order chi connectivity index (χ0) is 15.9. The van der Waals surface area contributed by atoms with Crippen molar-refractivity contribution >= 4 is 25.6 Å². The molecule has 0 heterocycles. The van der Waals surface area contributed by atoms with Crippen LogP contribution < -0.4 is 0 Å². The number of aryl methyl sites for hydroxylation is 1. The van der Waals surface area contributed by atoms with Crippen molar-refractivity contribution in [2.45, 2.75) is 25.2 Å². The standard InChI is InChI=1S/C14H17ClFNO3S/c1-8-4-10(8)7-17(3)14(18)11-6-13(21(15,19)20)9(2)5-12(11)16/h5-6,8,10H,4,7H2,1-3H3. The molecule has 1 fully saturated rings. The van der Waals surface area contributed by atoms with Gasteiger partial charge in [-0.05, 0) is 42.9 Å². The van der Waals surface area contributed by atoms with Gasteiger partial charge in [-0.25, -0.2) is 12.8 Å². The Morgan fingerprint density at radius 2 is 2.05 bits per heavy atom. The minimum atomic E-state index is -4.02. The van der Waals surface area contributed by atoms with E-state index in [1.807, 2.05) is 0 Å². The molecule has 1 aliphatic rings. The third-order valence-electron chi connectivity index (χ3n) is 3.89. The van der Waals surface area contributed by atoms with E-state index in [9.17, 15) is 17.6 Å². The van der Waals surface area contributed by atoms with Crippen LogP contribution >= 0.6 is 10.7 Å². The molecule has 0 radical (unpaired) electrons. The van der Waals surface area contributed by atoms with E-state index in [2.05, 4.69) is 6.92 Å². The first-order chi connectivity index (χ1) is 9.61. The van der Waals surface area contributed by atoms with E-state index in [1.165, 1.54) is 11.8 Å². The molecule has 1 aromatic rings. The van der Waals surface area contributed by atoms with Crippen LogP contribution in [0.5, 0.6) is 0 Å². The van der Waals surface area contributed by atoms with Gasteiger partial charge in [0.1, 0.15) is 5.82 Å². The molecular weight excluding hydrogens is 317 g/mol. The highest BCUT2D eigenvalue weighted by Gasteiger charge is 2.34. The van der Waals surface area contributed by atoms with E-state index in [4.69, 9.17) is 10.7 Å². The van der Waals surface area contributed by atoms with Gasteiger partial charge in [0.25, 0.3) is 15.0 Å². The second-order valence-electron chi connectivity index (χ2n) is 5.69. The number of halogens is 2. The molecule has 0 bridgehead atoms. The zero-order valence-corrected chi connectivity index (χ0v) is 13.6. The maximum Gasteiger partial charge on any atom is 0.261 e. The number of benzene rings is 1. The average molecular weight is 334 g/mol. The Hall–Kier alpha value is -1.14. The van der Waals surface area contributed by atoms with Gasteiger partial charge in [-0.2, -0.15) is 0 Å². The SMILES string of the molecule is Cc1cc(F)c(C(=O)N(C)CC2CC2C)cc1S(=O)(=O)Cl. The molecule has 21 heavy (non-hydrogen) atoms. The first kappa shape index (κ1) is 16.2. The second kappa shape index (κ2) is 5.57. The second-order valence-corrected chi connectivity index (χ2v) is 8.23. The molecule has 1 aliphatic carbocycles. The minimum absolute atomic E-state index is 0.178. The van der Waals surface area contributed by atoms with Gasteiger partial charge < -0.3 is 4.90 Å². The summed E-state index contributed by atoms with van der Waals surface area (Å²) in [7, 11) is 2.88. The number of rotatable bonds is 4. The van der Waals surface area contributed by atoms with E-state index in [0.29, 0.717) is 18.4 Å². The predicted molar refractivity (Wildman–Crippen MR) is 78.4 cm³/mol. The fourth-order valence-electron chi connectivity index (χ4n) is 2.37. The Morgan fingerprint density at radius 1 is 1.48 bits per heavy atom. The van der Waals surface area contributed by atoms with Gasteiger partial charge in [0, 0.05) is 24.3 Å². The van der Waals surface area contributed by atoms with E-state index in [-0.39, 0.29) is 16.0 Å². The van der Waals surface area contributed by atoms with Crippen LogP contribution in [0.2, 0.25) is 0 Å². The third-order valence-corrected chi connectivity index (χ3v) is 5.35. The average Bonchev–Trinajstić information content (AvgIpc) is 3.02. The van der Waals surface area contributed by atoms with Crippen molar-refractivity contribution < 1.29 is 17.6 Å². The van der Waals surface area contributed by atoms with Gasteiger partial charge in [0.2, 0.25) is 0 Å². The number of nitrogens with zero attached hydrogens (tertiary/aromatic N) is 1. The topological polar surface area (TPSA) is 54.5 Å². The molecule has 1 saturated carbocycles. The maximum absolute atomic E-state index is 14.0. The third kappa shape index (κ3) is 3.55. The summed E-state index contributed by atoms with van der Waals surface area (Å²) in [5.41, 5.74) is -0.0897. The van der Waals surface area contributed by atoms with Gasteiger partial charge >= 0.3 is 0 Å². The van der Waals surface area contributed by atoms with Crippen LogP contribution in [-0.4, -0.2) is 32.8 Å². The fraction of sp³-hybridized carbons (Fsp3) is 0.500. The van der Waals surface area contributed by atoms with Crippen LogP contribution in [0.4, 0.5) is 4.39 Å². The first-order valence-corrected chi connectivity index (χ1v) is 8.92. The van der Waals surface area contributed by atoms with Crippen molar-refractivity contribution in [2.75, 3.05) is 13.6 Å². The summed E-state index contributed by atoms with van der Waals surface area (Å²) in [4.78, 5) is 13.5. The van der Waals surface area contributed by atoms with Crippen LogP contribution in [0.3, 0.4) is 0 Å². The van der Waals surface area contributed by atoms with Crippen molar-refractivity contribution in [2.24, 2.45) is 11.8 Å². The van der Waals surface area contributed by atoms with Gasteiger partial charge in [-0.3, -0.25) is 4.79 Å². The molecule has 0 spiro atoms. The van der Waals surface area contributed by atoms with Crippen molar-refractivity contribution in [1.29, 1.82) is 0 Å². The number of hydrogen-bond donors (Lipinski definition) is 0. The molecule has 1 aromatic carbocycles. The highest BCUT2D eigenvalue weighted by atomic mass is 35.7. The van der Waals surface area contributed by atoms with E-state index in [1.54, 1.807) is 7.05 Å². The Morgan fingerprint density at radius 3 is 2.52 bits per heavy atom. The minimum Gasteiger partial charge on any atom is -0.341 e. The lowest BCUT2D eigenvalue weighted by molar-refractivity contribution is 0.0782. The smallest absolute Gasteiger partial charge is 0.261 e. The summed E-state index contributed by atoms with van der Waals surface area (Å²) in [6, 6.07) is 2.04. The van der Waals surface area contributed by atoms with Crippen molar-refractivity contribution in [1.82, 2.24) is 4.90 Å². The van der Waals surface area contributed by atoms with Crippen molar-refractivity contribution in [3.05, 3.63) is 29.1 Å². The monoisotopic (exact) mass is 333 g/mol. The summed E-state index contributed by atoms with van der Waals surface area (Å²) in [6.07, 6.45) is 1.05. The van der Waals surface area contributed by atoms with Crippen molar-refractivity contribution in [3.8, 4) is 0 Å². The normalized spacial score (nSPS) is 21.2. The van der Waals surface area contributed by atoms with Crippen molar-refractivity contribution in [3.63, 3.8) is 0 Å². The predicted octanol–water partition coefficient (Wildman–Crippen LogP) is 2.79.